The van der Waals surface area contributed by atoms with E-state index >= 15 is 0 Å². The molecule has 2 heterocycles. The number of benzene rings is 2. The predicted octanol–water partition coefficient (Wildman–Crippen LogP) is 4.47. The highest BCUT2D eigenvalue weighted by Crippen LogP contribution is 2.33. The lowest BCUT2D eigenvalue weighted by molar-refractivity contribution is 0.872. The van der Waals surface area contributed by atoms with E-state index in [1.54, 1.807) is 17.7 Å². The van der Waals surface area contributed by atoms with Crippen molar-refractivity contribution in [2.75, 3.05) is 0 Å². The molecular weight excluding hydrogens is 304 g/mol. The average molecular weight is 320 g/mol. The highest BCUT2D eigenvalue weighted by molar-refractivity contribution is 7.19. The van der Waals surface area contributed by atoms with Crippen LogP contribution in [0.15, 0.2) is 42.7 Å². The minimum absolute atomic E-state index is 0.858. The Morgan fingerprint density at radius 2 is 1.70 bits per heavy atom. The van der Waals surface area contributed by atoms with Crippen LogP contribution in [-0.2, 0) is 0 Å². The van der Waals surface area contributed by atoms with Gasteiger partial charge in [-0.3, -0.25) is 0 Å². The van der Waals surface area contributed by atoms with Crippen molar-refractivity contribution >= 4 is 21.6 Å². The van der Waals surface area contributed by atoms with Crippen LogP contribution in [0.1, 0.15) is 16.1 Å². The van der Waals surface area contributed by atoms with E-state index in [1.807, 2.05) is 23.7 Å². The van der Waals surface area contributed by atoms with Gasteiger partial charge in [-0.15, -0.1) is 11.3 Å². The molecule has 0 atom stereocenters. The molecule has 0 saturated heterocycles. The summed E-state index contributed by atoms with van der Waals surface area (Å²) in [5.41, 5.74) is 5.56. The Labute approximate surface area is 138 Å². The summed E-state index contributed by atoms with van der Waals surface area (Å²) in [7, 11) is 0. The normalized spacial score (nSPS) is 11.3. The van der Waals surface area contributed by atoms with E-state index in [-0.39, 0.29) is 0 Å². The first-order chi connectivity index (χ1) is 11.1. The third-order valence-corrected chi connectivity index (χ3v) is 4.98. The Morgan fingerprint density at radius 1 is 0.957 bits per heavy atom. The van der Waals surface area contributed by atoms with Crippen molar-refractivity contribution in [3.8, 4) is 17.1 Å². The van der Waals surface area contributed by atoms with Gasteiger partial charge in [0, 0.05) is 5.56 Å². The molecule has 0 bridgehead atoms. The van der Waals surface area contributed by atoms with E-state index in [4.69, 9.17) is 0 Å². The Morgan fingerprint density at radius 3 is 2.48 bits per heavy atom. The second kappa shape index (κ2) is 5.28. The van der Waals surface area contributed by atoms with Crippen molar-refractivity contribution in [1.82, 2.24) is 19.7 Å². The fourth-order valence-electron chi connectivity index (χ4n) is 2.96. The van der Waals surface area contributed by atoms with Crippen LogP contribution >= 0.6 is 11.3 Å². The lowest BCUT2D eigenvalue weighted by atomic mass is 10.1. The van der Waals surface area contributed by atoms with Gasteiger partial charge in [-0.2, -0.15) is 5.10 Å². The van der Waals surface area contributed by atoms with Crippen LogP contribution in [0, 0.1) is 20.8 Å². The molecule has 0 aliphatic heterocycles. The molecule has 23 heavy (non-hydrogen) atoms. The number of fused-ring (bicyclic) bond motifs is 1. The molecule has 0 aliphatic carbocycles. The van der Waals surface area contributed by atoms with E-state index in [0.29, 0.717) is 0 Å². The third-order valence-electron chi connectivity index (χ3n) is 3.96. The maximum Gasteiger partial charge on any atom is 0.164 e. The number of hydrogen-bond donors (Lipinski definition) is 0. The largest absolute Gasteiger partial charge is 0.241 e. The summed E-state index contributed by atoms with van der Waals surface area (Å²) in [5.74, 6) is 0.858. The van der Waals surface area contributed by atoms with Crippen LogP contribution in [0.25, 0.3) is 27.3 Å². The second-order valence-corrected chi connectivity index (χ2v) is 6.83. The molecule has 0 N–H and O–H groups in total. The molecule has 0 radical (unpaired) electrons. The Hall–Kier alpha value is -2.53. The van der Waals surface area contributed by atoms with Crippen LogP contribution < -0.4 is 0 Å². The van der Waals surface area contributed by atoms with Crippen LogP contribution in [-0.4, -0.2) is 19.7 Å². The summed E-state index contributed by atoms with van der Waals surface area (Å²) in [4.78, 5) is 9.12. The molecule has 0 unspecified atom stereocenters. The van der Waals surface area contributed by atoms with Gasteiger partial charge in [0.2, 0.25) is 0 Å². The van der Waals surface area contributed by atoms with Crippen LogP contribution in [0.3, 0.4) is 0 Å². The highest BCUT2D eigenvalue weighted by Gasteiger charge is 2.16. The smallest absolute Gasteiger partial charge is 0.164 e. The Balaban J connectivity index is 2.00. The standard InChI is InChI=1S/C18H16N4S/c1-11-6-4-7-12(2)16(11)22-18(19-10-20-22)14-8-5-9-15-17(14)23-13(3)21-15/h4-10H,1-3H3. The van der Waals surface area contributed by atoms with Gasteiger partial charge >= 0.3 is 0 Å². The van der Waals surface area contributed by atoms with Gasteiger partial charge in [-0.05, 0) is 44.0 Å². The zero-order valence-corrected chi connectivity index (χ0v) is 14.1. The molecule has 0 amide bonds. The third kappa shape index (κ3) is 2.24. The minimum atomic E-state index is 0.858. The van der Waals surface area contributed by atoms with Gasteiger partial charge in [0.25, 0.3) is 0 Å². The first-order valence-corrected chi connectivity index (χ1v) is 8.30. The summed E-state index contributed by atoms with van der Waals surface area (Å²) < 4.78 is 3.10. The van der Waals surface area contributed by atoms with E-state index in [2.05, 4.69) is 53.2 Å². The minimum Gasteiger partial charge on any atom is -0.241 e. The molecule has 0 saturated carbocycles. The molecule has 4 aromatic rings. The van der Waals surface area contributed by atoms with Crippen LogP contribution in [0.2, 0.25) is 0 Å². The van der Waals surface area contributed by atoms with E-state index in [1.165, 1.54) is 11.1 Å². The number of para-hydroxylation sites is 1. The van der Waals surface area contributed by atoms with Crippen molar-refractivity contribution in [2.24, 2.45) is 0 Å². The van der Waals surface area contributed by atoms with Gasteiger partial charge in [0.15, 0.2) is 5.82 Å². The van der Waals surface area contributed by atoms with E-state index in [0.717, 1.165) is 32.3 Å². The first kappa shape index (κ1) is 14.1. The highest BCUT2D eigenvalue weighted by atomic mass is 32.1. The van der Waals surface area contributed by atoms with Crippen LogP contribution in [0.5, 0.6) is 0 Å². The molecule has 2 aromatic heterocycles. The summed E-state index contributed by atoms with van der Waals surface area (Å²) in [5, 5.41) is 5.55. The number of aryl methyl sites for hydroxylation is 3. The number of hydrogen-bond acceptors (Lipinski definition) is 4. The molecule has 114 valence electrons. The molecule has 4 nitrogen and oxygen atoms in total. The fourth-order valence-corrected chi connectivity index (χ4v) is 3.89. The quantitative estimate of drug-likeness (QED) is 0.547. The SMILES string of the molecule is Cc1nc2cccc(-c3ncnn3-c3c(C)cccc3C)c2s1. The lowest BCUT2D eigenvalue weighted by Gasteiger charge is -2.12. The Bertz CT molecular complexity index is 993. The fraction of sp³-hybridized carbons (Fsp3) is 0.167. The molecule has 5 heteroatoms. The van der Waals surface area contributed by atoms with Crippen molar-refractivity contribution in [3.05, 3.63) is 58.9 Å². The van der Waals surface area contributed by atoms with Gasteiger partial charge in [-0.25, -0.2) is 14.6 Å². The molecule has 2 aromatic carbocycles. The summed E-state index contributed by atoms with van der Waals surface area (Å²) in [6.07, 6.45) is 1.62. The van der Waals surface area contributed by atoms with E-state index < -0.39 is 0 Å². The number of thiazole rings is 1. The topological polar surface area (TPSA) is 43.6 Å². The van der Waals surface area contributed by atoms with Gasteiger partial charge < -0.3 is 0 Å². The lowest BCUT2D eigenvalue weighted by Crippen LogP contribution is -2.04. The van der Waals surface area contributed by atoms with Crippen molar-refractivity contribution in [1.29, 1.82) is 0 Å². The average Bonchev–Trinajstić information content (AvgIpc) is 3.12. The summed E-state index contributed by atoms with van der Waals surface area (Å²) >= 11 is 1.70. The van der Waals surface area contributed by atoms with Gasteiger partial charge in [0.05, 0.1) is 20.9 Å². The zero-order valence-electron chi connectivity index (χ0n) is 13.2. The first-order valence-electron chi connectivity index (χ1n) is 7.48. The van der Waals surface area contributed by atoms with Gasteiger partial charge in [0.1, 0.15) is 6.33 Å². The molecule has 4 rings (SSSR count). The van der Waals surface area contributed by atoms with Crippen LogP contribution in [0.4, 0.5) is 0 Å². The number of rotatable bonds is 2. The van der Waals surface area contributed by atoms with Crippen molar-refractivity contribution in [3.63, 3.8) is 0 Å². The van der Waals surface area contributed by atoms with Crippen molar-refractivity contribution in [2.45, 2.75) is 20.8 Å². The molecular formula is C18H16N4S. The predicted molar refractivity (Wildman–Crippen MR) is 94.2 cm³/mol. The molecule has 0 fully saturated rings. The van der Waals surface area contributed by atoms with Crippen molar-refractivity contribution < 1.29 is 0 Å². The number of nitrogens with zero attached hydrogens (tertiary/aromatic N) is 4. The summed E-state index contributed by atoms with van der Waals surface area (Å²) in [6, 6.07) is 12.4. The summed E-state index contributed by atoms with van der Waals surface area (Å²) in [6.45, 7) is 6.24. The molecule has 0 aliphatic rings. The zero-order chi connectivity index (χ0) is 16.0. The Kier molecular flexibility index (Phi) is 3.23. The maximum atomic E-state index is 4.58. The maximum absolute atomic E-state index is 4.58. The number of aromatic nitrogens is 4. The van der Waals surface area contributed by atoms with Gasteiger partial charge in [-0.1, -0.05) is 24.3 Å². The van der Waals surface area contributed by atoms with E-state index in [9.17, 15) is 0 Å². The second-order valence-electron chi connectivity index (χ2n) is 5.62. The monoisotopic (exact) mass is 320 g/mol. The molecule has 0 spiro atoms.